The van der Waals surface area contributed by atoms with Crippen molar-refractivity contribution in [2.24, 2.45) is 5.73 Å². The number of nitrogens with two attached hydrogens (primary N) is 1. The normalized spacial score (nSPS) is 9.00. The van der Waals surface area contributed by atoms with Crippen LogP contribution >= 0.6 is 12.4 Å². The fraction of sp³-hybridized carbons (Fsp3) is 0.125. The Morgan fingerprint density at radius 3 is 2.54 bits per heavy atom. The summed E-state index contributed by atoms with van der Waals surface area (Å²) >= 11 is 0. The van der Waals surface area contributed by atoms with Gasteiger partial charge in [0.2, 0.25) is 0 Å². The number of benzene rings is 1. The van der Waals surface area contributed by atoms with E-state index in [0.29, 0.717) is 5.56 Å². The number of carbonyl (C=O) groups is 1. The van der Waals surface area contributed by atoms with Gasteiger partial charge in [0.1, 0.15) is 11.3 Å². The molecule has 0 aromatic heterocycles. The van der Waals surface area contributed by atoms with Gasteiger partial charge in [-0.05, 0) is 6.07 Å². The molecule has 0 saturated carbocycles. The number of carboxylic acids is 1. The Hall–Kier alpha value is -1.26. The zero-order chi connectivity index (χ0) is 9.14. The van der Waals surface area contributed by atoms with E-state index in [0.717, 1.165) is 0 Å². The van der Waals surface area contributed by atoms with Crippen LogP contribution in [0.2, 0.25) is 0 Å². The van der Waals surface area contributed by atoms with Crippen LogP contribution in [0.1, 0.15) is 15.9 Å². The lowest BCUT2D eigenvalue weighted by Crippen LogP contribution is -2.02. The van der Waals surface area contributed by atoms with E-state index < -0.39 is 5.97 Å². The maximum atomic E-state index is 10.5. The summed E-state index contributed by atoms with van der Waals surface area (Å²) in [5.74, 6) is -1.39. The van der Waals surface area contributed by atoms with Gasteiger partial charge in [-0.3, -0.25) is 0 Å². The number of aromatic hydroxyl groups is 1. The third-order valence-corrected chi connectivity index (χ3v) is 1.57. The maximum absolute atomic E-state index is 10.5. The second-order valence-corrected chi connectivity index (χ2v) is 2.32. The van der Waals surface area contributed by atoms with Crippen molar-refractivity contribution in [2.75, 3.05) is 0 Å². The fourth-order valence-corrected chi connectivity index (χ4v) is 0.929. The molecule has 0 fully saturated rings. The summed E-state index contributed by atoms with van der Waals surface area (Å²) in [6.45, 7) is 0.132. The molecule has 13 heavy (non-hydrogen) atoms. The monoisotopic (exact) mass is 203 g/mol. The lowest BCUT2D eigenvalue weighted by atomic mass is 10.1. The minimum atomic E-state index is -1.15. The summed E-state index contributed by atoms with van der Waals surface area (Å²) in [5.41, 5.74) is 5.59. The first-order valence-corrected chi connectivity index (χ1v) is 3.41. The number of hydrogen-bond acceptors (Lipinski definition) is 3. The van der Waals surface area contributed by atoms with E-state index in [9.17, 15) is 9.90 Å². The van der Waals surface area contributed by atoms with Crippen molar-refractivity contribution in [2.45, 2.75) is 6.54 Å². The van der Waals surface area contributed by atoms with Crippen molar-refractivity contribution < 1.29 is 15.0 Å². The van der Waals surface area contributed by atoms with E-state index in [1.807, 2.05) is 0 Å². The molecule has 0 aliphatic rings. The number of hydrogen-bond donors (Lipinski definition) is 3. The van der Waals surface area contributed by atoms with E-state index in [1.165, 1.54) is 6.07 Å². The molecule has 0 spiro atoms. The standard InChI is InChI=1S/C8H9NO3.ClH/c9-4-5-2-1-3-6(7(5)10)8(11)12;/h1-3,10H,4,9H2,(H,11,12);1H. The average Bonchev–Trinajstić information content (AvgIpc) is 2.04. The lowest BCUT2D eigenvalue weighted by molar-refractivity contribution is 0.0693. The van der Waals surface area contributed by atoms with Gasteiger partial charge in [0.15, 0.2) is 0 Å². The van der Waals surface area contributed by atoms with E-state index >= 15 is 0 Å². The van der Waals surface area contributed by atoms with Gasteiger partial charge in [0, 0.05) is 12.1 Å². The van der Waals surface area contributed by atoms with Crippen molar-refractivity contribution in [3.05, 3.63) is 29.3 Å². The summed E-state index contributed by atoms with van der Waals surface area (Å²) in [6, 6.07) is 4.46. The molecule has 0 heterocycles. The molecule has 0 amide bonds. The second kappa shape index (κ2) is 4.69. The molecule has 5 heteroatoms. The maximum Gasteiger partial charge on any atom is 0.339 e. The SMILES string of the molecule is Cl.NCc1cccc(C(=O)O)c1O. The molecule has 4 nitrogen and oxygen atoms in total. The Morgan fingerprint density at radius 1 is 1.46 bits per heavy atom. The number of carboxylic acid groups (broad SMARTS) is 1. The Morgan fingerprint density at radius 2 is 2.08 bits per heavy atom. The Kier molecular flexibility index (Phi) is 4.23. The Balaban J connectivity index is 0.00000144. The van der Waals surface area contributed by atoms with Gasteiger partial charge in [0.05, 0.1) is 0 Å². The molecule has 0 aliphatic heterocycles. The van der Waals surface area contributed by atoms with Crippen LogP contribution in [0.15, 0.2) is 18.2 Å². The zero-order valence-electron chi connectivity index (χ0n) is 6.73. The van der Waals surface area contributed by atoms with Crippen molar-refractivity contribution >= 4 is 18.4 Å². The largest absolute Gasteiger partial charge is 0.507 e. The highest BCUT2D eigenvalue weighted by Gasteiger charge is 2.10. The molecule has 4 N–H and O–H groups in total. The van der Waals surface area contributed by atoms with Crippen molar-refractivity contribution in [3.8, 4) is 5.75 Å². The van der Waals surface area contributed by atoms with Crippen LogP contribution in [0, 0.1) is 0 Å². The van der Waals surface area contributed by atoms with Gasteiger partial charge >= 0.3 is 5.97 Å². The van der Waals surface area contributed by atoms with Crippen LogP contribution in [-0.4, -0.2) is 16.2 Å². The zero-order valence-corrected chi connectivity index (χ0v) is 7.54. The third-order valence-electron chi connectivity index (χ3n) is 1.57. The molecule has 0 atom stereocenters. The summed E-state index contributed by atoms with van der Waals surface area (Å²) in [6.07, 6.45) is 0. The fourth-order valence-electron chi connectivity index (χ4n) is 0.929. The Labute approximate surface area is 81.4 Å². The van der Waals surface area contributed by atoms with Crippen LogP contribution in [0.3, 0.4) is 0 Å². The highest BCUT2D eigenvalue weighted by molar-refractivity contribution is 5.91. The van der Waals surface area contributed by atoms with Crippen LogP contribution in [0.5, 0.6) is 5.75 Å². The van der Waals surface area contributed by atoms with E-state index in [-0.39, 0.29) is 30.3 Å². The molecule has 0 aliphatic carbocycles. The number of halogens is 1. The van der Waals surface area contributed by atoms with Gasteiger partial charge in [-0.1, -0.05) is 12.1 Å². The number of phenols is 1. The summed E-state index contributed by atoms with van der Waals surface area (Å²) in [5, 5.41) is 17.9. The first-order chi connectivity index (χ1) is 5.66. The van der Waals surface area contributed by atoms with Crippen molar-refractivity contribution in [1.29, 1.82) is 0 Å². The smallest absolute Gasteiger partial charge is 0.339 e. The predicted molar refractivity (Wildman–Crippen MR) is 50.2 cm³/mol. The summed E-state index contributed by atoms with van der Waals surface area (Å²) < 4.78 is 0. The molecule has 0 saturated heterocycles. The molecule has 1 rings (SSSR count). The average molecular weight is 204 g/mol. The topological polar surface area (TPSA) is 83.6 Å². The number of aromatic carboxylic acids is 1. The summed E-state index contributed by atoms with van der Waals surface area (Å²) in [7, 11) is 0. The van der Waals surface area contributed by atoms with Gasteiger partial charge < -0.3 is 15.9 Å². The van der Waals surface area contributed by atoms with Crippen LogP contribution < -0.4 is 5.73 Å². The second-order valence-electron chi connectivity index (χ2n) is 2.32. The van der Waals surface area contributed by atoms with Gasteiger partial charge in [-0.25, -0.2) is 4.79 Å². The Bertz CT molecular complexity index is 314. The van der Waals surface area contributed by atoms with E-state index in [1.54, 1.807) is 12.1 Å². The highest BCUT2D eigenvalue weighted by Crippen LogP contribution is 2.21. The minimum Gasteiger partial charge on any atom is -0.507 e. The molecule has 1 aromatic carbocycles. The number of para-hydroxylation sites is 1. The molecular weight excluding hydrogens is 194 g/mol. The highest BCUT2D eigenvalue weighted by atomic mass is 35.5. The first kappa shape index (κ1) is 11.7. The van der Waals surface area contributed by atoms with Crippen LogP contribution in [0.4, 0.5) is 0 Å². The molecular formula is C8H10ClNO3. The molecule has 72 valence electrons. The van der Waals surface area contributed by atoms with Crippen LogP contribution in [-0.2, 0) is 6.54 Å². The molecule has 1 aromatic rings. The third kappa shape index (κ3) is 2.34. The van der Waals surface area contributed by atoms with Crippen LogP contribution in [0.25, 0.3) is 0 Å². The van der Waals surface area contributed by atoms with E-state index in [4.69, 9.17) is 10.8 Å². The van der Waals surface area contributed by atoms with Gasteiger partial charge in [-0.2, -0.15) is 0 Å². The first-order valence-electron chi connectivity index (χ1n) is 3.41. The molecule has 0 bridgehead atoms. The lowest BCUT2D eigenvalue weighted by Gasteiger charge is -2.03. The van der Waals surface area contributed by atoms with Crippen molar-refractivity contribution in [3.63, 3.8) is 0 Å². The van der Waals surface area contributed by atoms with Gasteiger partial charge in [-0.15, -0.1) is 12.4 Å². The van der Waals surface area contributed by atoms with Gasteiger partial charge in [0.25, 0.3) is 0 Å². The van der Waals surface area contributed by atoms with E-state index in [2.05, 4.69) is 0 Å². The summed E-state index contributed by atoms with van der Waals surface area (Å²) in [4.78, 5) is 10.5. The molecule has 0 unspecified atom stereocenters. The predicted octanol–water partition coefficient (Wildman–Crippen LogP) is 0.971. The number of rotatable bonds is 2. The van der Waals surface area contributed by atoms with Crippen molar-refractivity contribution in [1.82, 2.24) is 0 Å². The molecule has 0 radical (unpaired) electrons. The minimum absolute atomic E-state index is 0. The quantitative estimate of drug-likeness (QED) is 0.669.